The van der Waals surface area contributed by atoms with Gasteiger partial charge >= 0.3 is 12.1 Å². The van der Waals surface area contributed by atoms with Crippen LogP contribution in [0.4, 0.5) is 4.79 Å². The normalized spacial score (nSPS) is 14.6. The number of nitrogens with zero attached hydrogens (tertiary/aromatic N) is 1. The second kappa shape index (κ2) is 8.09. The fourth-order valence-corrected chi connectivity index (χ4v) is 1.51. The van der Waals surface area contributed by atoms with Crippen molar-refractivity contribution in [1.29, 1.82) is 0 Å². The molecule has 0 aliphatic rings. The monoisotopic (exact) mass is 288 g/mol. The quantitative estimate of drug-likeness (QED) is 0.755. The summed E-state index contributed by atoms with van der Waals surface area (Å²) in [5.74, 6) is -0.457. The highest BCUT2D eigenvalue weighted by Gasteiger charge is 2.25. The average molecular weight is 288 g/mol. The first-order chi connectivity index (χ1) is 9.06. The summed E-state index contributed by atoms with van der Waals surface area (Å²) in [6, 6.07) is -0.375. The van der Waals surface area contributed by atoms with E-state index in [1.54, 1.807) is 20.8 Å². The summed E-state index contributed by atoms with van der Waals surface area (Å²) in [6.45, 7) is 7.37. The molecule has 2 atom stereocenters. The van der Waals surface area contributed by atoms with Crippen LogP contribution in [0.1, 0.15) is 40.5 Å². The minimum atomic E-state index is -0.683. The van der Waals surface area contributed by atoms with Crippen LogP contribution >= 0.6 is 0 Å². The second-order valence-corrected chi connectivity index (χ2v) is 6.11. The number of carbonyl (C=O) groups excluding carboxylic acids is 2. The van der Waals surface area contributed by atoms with Crippen LogP contribution in [0.25, 0.3) is 0 Å². The molecule has 1 N–H and O–H groups in total. The number of hydrogen-bond acceptors (Lipinski definition) is 5. The summed E-state index contributed by atoms with van der Waals surface area (Å²) in [4.78, 5) is 25.5. The molecule has 0 saturated carbocycles. The van der Waals surface area contributed by atoms with Gasteiger partial charge in [-0.1, -0.05) is 0 Å². The van der Waals surface area contributed by atoms with E-state index in [1.165, 1.54) is 7.11 Å². The molecule has 1 amide bonds. The minimum Gasteiger partial charge on any atom is -0.467 e. The Hall–Kier alpha value is -1.30. The van der Waals surface area contributed by atoms with Crippen molar-refractivity contribution in [1.82, 2.24) is 10.2 Å². The van der Waals surface area contributed by atoms with Crippen molar-refractivity contribution in [3.8, 4) is 0 Å². The van der Waals surface area contributed by atoms with E-state index in [-0.39, 0.29) is 0 Å². The summed E-state index contributed by atoms with van der Waals surface area (Å²) in [7, 11) is 5.25. The highest BCUT2D eigenvalue weighted by Crippen LogP contribution is 2.10. The molecule has 0 rings (SSSR count). The maximum atomic E-state index is 11.7. The van der Waals surface area contributed by atoms with Gasteiger partial charge in [0.25, 0.3) is 0 Å². The molecule has 118 valence electrons. The van der Waals surface area contributed by atoms with E-state index in [0.717, 1.165) is 6.42 Å². The molecule has 0 spiro atoms. The van der Waals surface area contributed by atoms with Gasteiger partial charge in [-0.15, -0.1) is 0 Å². The molecule has 0 aromatic carbocycles. The van der Waals surface area contributed by atoms with Crippen molar-refractivity contribution in [3.05, 3.63) is 0 Å². The van der Waals surface area contributed by atoms with Gasteiger partial charge in [0.05, 0.1) is 7.11 Å². The lowest BCUT2D eigenvalue weighted by Gasteiger charge is -2.24. The van der Waals surface area contributed by atoms with Crippen molar-refractivity contribution < 1.29 is 19.1 Å². The van der Waals surface area contributed by atoms with Crippen molar-refractivity contribution >= 4 is 12.1 Å². The molecule has 0 aromatic heterocycles. The SMILES string of the molecule is COC(=O)[C@H](CCC(C)N(C)C)NC(=O)OC(C)(C)C. The van der Waals surface area contributed by atoms with Crippen LogP contribution in [0.2, 0.25) is 0 Å². The molecule has 0 bridgehead atoms. The van der Waals surface area contributed by atoms with Crippen LogP contribution < -0.4 is 5.32 Å². The van der Waals surface area contributed by atoms with Gasteiger partial charge in [-0.05, 0) is 54.6 Å². The first-order valence-electron chi connectivity index (χ1n) is 6.80. The van der Waals surface area contributed by atoms with E-state index in [0.29, 0.717) is 12.5 Å². The largest absolute Gasteiger partial charge is 0.467 e. The number of rotatable bonds is 6. The van der Waals surface area contributed by atoms with Crippen molar-refractivity contribution in [2.24, 2.45) is 0 Å². The lowest BCUT2D eigenvalue weighted by molar-refractivity contribution is -0.143. The first-order valence-corrected chi connectivity index (χ1v) is 6.80. The minimum absolute atomic E-state index is 0.308. The smallest absolute Gasteiger partial charge is 0.408 e. The summed E-state index contributed by atoms with van der Waals surface area (Å²) < 4.78 is 9.86. The van der Waals surface area contributed by atoms with Crippen molar-refractivity contribution in [3.63, 3.8) is 0 Å². The number of alkyl carbamates (subject to hydrolysis) is 1. The third kappa shape index (κ3) is 7.99. The fourth-order valence-electron chi connectivity index (χ4n) is 1.51. The maximum Gasteiger partial charge on any atom is 0.408 e. The average Bonchev–Trinajstić information content (AvgIpc) is 2.30. The van der Waals surface area contributed by atoms with Crippen LogP contribution in [0.3, 0.4) is 0 Å². The number of hydrogen-bond donors (Lipinski definition) is 1. The third-order valence-corrected chi connectivity index (χ3v) is 2.93. The number of carbonyl (C=O) groups is 2. The zero-order chi connectivity index (χ0) is 15.9. The Kier molecular flexibility index (Phi) is 7.57. The van der Waals surface area contributed by atoms with Crippen LogP contribution in [0.5, 0.6) is 0 Å². The van der Waals surface area contributed by atoms with Gasteiger partial charge in [0.2, 0.25) is 0 Å². The van der Waals surface area contributed by atoms with Gasteiger partial charge in [0.15, 0.2) is 0 Å². The molecule has 6 nitrogen and oxygen atoms in total. The molecule has 6 heteroatoms. The zero-order valence-electron chi connectivity index (χ0n) is 13.6. The standard InChI is InChI=1S/C14H28N2O4/c1-10(16(5)6)8-9-11(12(17)19-7)15-13(18)20-14(2,3)4/h10-11H,8-9H2,1-7H3,(H,15,18)/t10?,11-/m0/s1. The Morgan fingerprint density at radius 1 is 1.20 bits per heavy atom. The highest BCUT2D eigenvalue weighted by atomic mass is 16.6. The molecular weight excluding hydrogens is 260 g/mol. The number of esters is 1. The van der Waals surface area contributed by atoms with Crippen LogP contribution in [-0.2, 0) is 14.3 Å². The Labute approximate surface area is 121 Å². The predicted molar refractivity (Wildman–Crippen MR) is 77.6 cm³/mol. The van der Waals surface area contributed by atoms with Crippen LogP contribution in [0, 0.1) is 0 Å². The molecule has 0 aromatic rings. The van der Waals surface area contributed by atoms with Crippen LogP contribution in [-0.4, -0.2) is 55.9 Å². The van der Waals surface area contributed by atoms with E-state index in [2.05, 4.69) is 17.1 Å². The van der Waals surface area contributed by atoms with Gasteiger partial charge in [0, 0.05) is 6.04 Å². The molecule has 0 radical (unpaired) electrons. The maximum absolute atomic E-state index is 11.7. The Morgan fingerprint density at radius 2 is 1.75 bits per heavy atom. The number of nitrogens with one attached hydrogen (secondary N) is 1. The Morgan fingerprint density at radius 3 is 2.15 bits per heavy atom. The topological polar surface area (TPSA) is 67.9 Å². The second-order valence-electron chi connectivity index (χ2n) is 6.11. The third-order valence-electron chi connectivity index (χ3n) is 2.93. The summed E-state index contributed by atoms with van der Waals surface area (Å²) in [6.07, 6.45) is 0.666. The molecule has 20 heavy (non-hydrogen) atoms. The van der Waals surface area contributed by atoms with Gasteiger partial charge in [-0.3, -0.25) is 0 Å². The molecular formula is C14H28N2O4. The molecule has 0 aliphatic heterocycles. The number of ether oxygens (including phenoxy) is 2. The zero-order valence-corrected chi connectivity index (χ0v) is 13.6. The summed E-state index contributed by atoms with van der Waals surface area (Å²) in [5.41, 5.74) is -0.596. The van der Waals surface area contributed by atoms with Gasteiger partial charge < -0.3 is 19.7 Å². The van der Waals surface area contributed by atoms with Gasteiger partial charge in [0.1, 0.15) is 11.6 Å². The molecule has 1 unspecified atom stereocenters. The Bertz CT molecular complexity index is 324. The number of methoxy groups -OCH3 is 1. The Balaban J connectivity index is 4.50. The summed E-state index contributed by atoms with van der Waals surface area (Å²) >= 11 is 0. The first kappa shape index (κ1) is 18.7. The lowest BCUT2D eigenvalue weighted by Crippen LogP contribution is -2.44. The lowest BCUT2D eigenvalue weighted by atomic mass is 10.1. The van der Waals surface area contributed by atoms with Gasteiger partial charge in [-0.25, -0.2) is 9.59 Å². The van der Waals surface area contributed by atoms with Crippen LogP contribution in [0.15, 0.2) is 0 Å². The summed E-state index contributed by atoms with van der Waals surface area (Å²) in [5, 5.41) is 2.56. The van der Waals surface area contributed by atoms with E-state index in [9.17, 15) is 9.59 Å². The molecule has 0 aliphatic carbocycles. The fraction of sp³-hybridized carbons (Fsp3) is 0.857. The molecule has 0 saturated heterocycles. The van der Waals surface area contributed by atoms with E-state index in [4.69, 9.17) is 9.47 Å². The van der Waals surface area contributed by atoms with Gasteiger partial charge in [-0.2, -0.15) is 0 Å². The van der Waals surface area contributed by atoms with Crippen molar-refractivity contribution in [2.75, 3.05) is 21.2 Å². The van der Waals surface area contributed by atoms with E-state index < -0.39 is 23.7 Å². The molecule has 0 heterocycles. The number of amides is 1. The van der Waals surface area contributed by atoms with E-state index in [1.807, 2.05) is 14.1 Å². The predicted octanol–water partition coefficient (Wildman–Crippen LogP) is 1.78. The highest BCUT2D eigenvalue weighted by molar-refractivity contribution is 5.81. The van der Waals surface area contributed by atoms with E-state index >= 15 is 0 Å². The van der Waals surface area contributed by atoms with Crippen molar-refractivity contribution in [2.45, 2.75) is 58.2 Å². The molecule has 0 fully saturated rings.